The van der Waals surface area contributed by atoms with Crippen molar-refractivity contribution in [3.05, 3.63) is 70.7 Å². The first-order valence-corrected chi connectivity index (χ1v) is 13.4. The Morgan fingerprint density at radius 3 is 2.48 bits per heavy atom. The third kappa shape index (κ3) is 7.73. The highest BCUT2D eigenvalue weighted by Gasteiger charge is 2.15. The molecule has 176 valence electrons. The summed E-state index contributed by atoms with van der Waals surface area (Å²) in [6, 6.07) is 16.6. The quantitative estimate of drug-likeness (QED) is 0.157. The number of unbranched alkanes of at least 4 members (excludes halogenated alkanes) is 1. The number of nitrogens with zero attached hydrogens (tertiary/aromatic N) is 4. The highest BCUT2D eigenvalue weighted by molar-refractivity contribution is 7.85. The number of rotatable bonds is 11. The van der Waals surface area contributed by atoms with Crippen LogP contribution in [0.4, 0.5) is 16.5 Å². The van der Waals surface area contributed by atoms with Gasteiger partial charge in [0, 0.05) is 29.4 Å². The molecule has 1 heterocycles. The molecule has 7 nitrogen and oxygen atoms in total. The zero-order valence-corrected chi connectivity index (χ0v) is 20.9. The molecule has 0 spiro atoms. The van der Waals surface area contributed by atoms with Crippen molar-refractivity contribution in [3.63, 3.8) is 0 Å². The number of hydrogen-bond acceptors (Lipinski definition) is 7. The molecule has 0 unspecified atom stereocenters. The van der Waals surface area contributed by atoms with Gasteiger partial charge in [-0.15, -0.1) is 0 Å². The zero-order chi connectivity index (χ0) is 23.8. The second kappa shape index (κ2) is 11.5. The molecule has 0 fully saturated rings. The third-order valence-corrected chi connectivity index (χ3v) is 6.98. The minimum absolute atomic E-state index is 0.335. The molecule has 0 aliphatic carbocycles. The first-order chi connectivity index (χ1) is 15.7. The van der Waals surface area contributed by atoms with Crippen LogP contribution in [0.1, 0.15) is 35.8 Å². The Kier molecular flexibility index (Phi) is 8.71. The van der Waals surface area contributed by atoms with Crippen LogP contribution >= 0.6 is 11.3 Å². The standard InChI is InChI=1S/C24H30N4O3S2/c1-4-27(18-21-10-6-5-7-11-21)22-12-13-23(19(2)16-22)25-26-24-28(17-20(3)32-24)14-8-9-15-33(29,30)31/h5-7,10-13,16-17H,4,8-9,14-15,18H2,1-3H3. The molecule has 0 atom stereocenters. The van der Waals surface area contributed by atoms with Gasteiger partial charge in [0.15, 0.2) is 0 Å². The lowest BCUT2D eigenvalue weighted by atomic mass is 10.1. The van der Waals surface area contributed by atoms with E-state index < -0.39 is 10.1 Å². The summed E-state index contributed by atoms with van der Waals surface area (Å²) in [5.74, 6) is -0.335. The number of aryl methyl sites for hydroxylation is 3. The van der Waals surface area contributed by atoms with Crippen LogP contribution in [0.25, 0.3) is 0 Å². The SMILES string of the molecule is CCN(Cc1ccccc1)c1ccc(/N=N/c2sc(C)c[n+]2CCCCS(=O)(=O)[O-])c(C)c1. The minimum atomic E-state index is -4.17. The van der Waals surface area contributed by atoms with Crippen LogP contribution in [0, 0.1) is 13.8 Å². The Hall–Kier alpha value is -2.62. The van der Waals surface area contributed by atoms with Gasteiger partial charge in [-0.3, -0.25) is 0 Å². The lowest BCUT2D eigenvalue weighted by Gasteiger charge is -2.23. The van der Waals surface area contributed by atoms with Crippen molar-refractivity contribution >= 4 is 38.0 Å². The van der Waals surface area contributed by atoms with E-state index in [0.29, 0.717) is 19.4 Å². The predicted octanol–water partition coefficient (Wildman–Crippen LogP) is 5.42. The van der Waals surface area contributed by atoms with E-state index in [0.717, 1.165) is 40.0 Å². The van der Waals surface area contributed by atoms with Gasteiger partial charge in [0.25, 0.3) is 0 Å². The minimum Gasteiger partial charge on any atom is -0.748 e. The highest BCUT2D eigenvalue weighted by atomic mass is 32.2. The molecule has 0 amide bonds. The average molecular weight is 487 g/mol. The van der Waals surface area contributed by atoms with Gasteiger partial charge < -0.3 is 9.45 Å². The van der Waals surface area contributed by atoms with E-state index in [-0.39, 0.29) is 5.75 Å². The summed E-state index contributed by atoms with van der Waals surface area (Å²) in [5, 5.41) is 9.69. The molecular formula is C24H30N4O3S2. The molecule has 0 radical (unpaired) electrons. The second-order valence-corrected chi connectivity index (χ2v) is 10.7. The van der Waals surface area contributed by atoms with Gasteiger partial charge in [0.05, 0.1) is 21.8 Å². The fourth-order valence-corrected chi connectivity index (χ4v) is 4.91. The Balaban J connectivity index is 1.69. The van der Waals surface area contributed by atoms with Crippen molar-refractivity contribution in [1.82, 2.24) is 0 Å². The number of benzene rings is 2. The molecule has 3 aromatic rings. The summed E-state index contributed by atoms with van der Waals surface area (Å²) < 4.78 is 34.3. The number of anilines is 1. The number of thiazole rings is 1. The topological polar surface area (TPSA) is 89.0 Å². The largest absolute Gasteiger partial charge is 0.748 e. The molecule has 0 saturated heterocycles. The lowest BCUT2D eigenvalue weighted by Crippen LogP contribution is -2.31. The lowest BCUT2D eigenvalue weighted by molar-refractivity contribution is -0.680. The fraction of sp³-hybridized carbons (Fsp3) is 0.375. The smallest absolute Gasteiger partial charge is 0.408 e. The summed E-state index contributed by atoms with van der Waals surface area (Å²) in [4.78, 5) is 3.41. The normalized spacial score (nSPS) is 11.9. The molecule has 0 saturated carbocycles. The molecule has 0 aliphatic rings. The van der Waals surface area contributed by atoms with Gasteiger partial charge in [-0.1, -0.05) is 30.3 Å². The summed E-state index contributed by atoms with van der Waals surface area (Å²) in [7, 11) is -4.17. The Morgan fingerprint density at radius 2 is 1.82 bits per heavy atom. The van der Waals surface area contributed by atoms with Crippen LogP contribution in [0.3, 0.4) is 0 Å². The van der Waals surface area contributed by atoms with E-state index in [2.05, 4.69) is 58.5 Å². The van der Waals surface area contributed by atoms with Gasteiger partial charge in [-0.05, 0) is 79.4 Å². The Labute approximate surface area is 200 Å². The van der Waals surface area contributed by atoms with Crippen LogP contribution in [-0.4, -0.2) is 25.3 Å². The monoisotopic (exact) mass is 486 g/mol. The maximum absolute atomic E-state index is 10.8. The molecule has 0 aliphatic heterocycles. The van der Waals surface area contributed by atoms with Gasteiger partial charge in [0.2, 0.25) is 0 Å². The molecule has 0 N–H and O–H groups in total. The Bertz CT molecular complexity index is 1190. The molecule has 33 heavy (non-hydrogen) atoms. The van der Waals surface area contributed by atoms with Gasteiger partial charge in [-0.2, -0.15) is 0 Å². The number of hydrogen-bond donors (Lipinski definition) is 0. The summed E-state index contributed by atoms with van der Waals surface area (Å²) >= 11 is 1.53. The number of azo groups is 1. The van der Waals surface area contributed by atoms with Gasteiger partial charge in [0.1, 0.15) is 11.9 Å². The second-order valence-electron chi connectivity index (χ2n) is 7.96. The summed E-state index contributed by atoms with van der Waals surface area (Å²) in [6.45, 7) is 8.52. The summed E-state index contributed by atoms with van der Waals surface area (Å²) in [5.41, 5.74) is 4.27. The van der Waals surface area contributed by atoms with E-state index in [1.54, 1.807) is 0 Å². The van der Waals surface area contributed by atoms with Crippen LogP contribution < -0.4 is 9.47 Å². The number of aromatic nitrogens is 1. The van der Waals surface area contributed by atoms with E-state index in [4.69, 9.17) is 0 Å². The molecular weight excluding hydrogens is 456 g/mol. The van der Waals surface area contributed by atoms with Crippen molar-refractivity contribution in [2.45, 2.75) is 46.7 Å². The first kappa shape index (κ1) is 25.0. The van der Waals surface area contributed by atoms with Crippen LogP contribution in [-0.2, 0) is 23.2 Å². The van der Waals surface area contributed by atoms with Gasteiger partial charge in [-0.25, -0.2) is 13.0 Å². The first-order valence-electron chi connectivity index (χ1n) is 11.0. The van der Waals surface area contributed by atoms with Crippen molar-refractivity contribution in [3.8, 4) is 0 Å². The highest BCUT2D eigenvalue weighted by Crippen LogP contribution is 2.28. The molecule has 1 aromatic heterocycles. The molecule has 2 aromatic carbocycles. The van der Waals surface area contributed by atoms with Gasteiger partial charge >= 0.3 is 5.13 Å². The van der Waals surface area contributed by atoms with Crippen LogP contribution in [0.5, 0.6) is 0 Å². The van der Waals surface area contributed by atoms with E-state index in [9.17, 15) is 13.0 Å². The van der Waals surface area contributed by atoms with E-state index >= 15 is 0 Å². The van der Waals surface area contributed by atoms with Crippen molar-refractivity contribution in [2.24, 2.45) is 10.2 Å². The van der Waals surface area contributed by atoms with Crippen LogP contribution in [0.15, 0.2) is 65.0 Å². The van der Waals surface area contributed by atoms with E-state index in [1.165, 1.54) is 16.9 Å². The average Bonchev–Trinajstić information content (AvgIpc) is 3.13. The van der Waals surface area contributed by atoms with Crippen LogP contribution in [0.2, 0.25) is 0 Å². The van der Waals surface area contributed by atoms with E-state index in [1.807, 2.05) is 36.7 Å². The van der Waals surface area contributed by atoms with Crippen molar-refractivity contribution in [2.75, 3.05) is 17.2 Å². The third-order valence-electron chi connectivity index (χ3n) is 5.27. The predicted molar refractivity (Wildman–Crippen MR) is 132 cm³/mol. The molecule has 0 bridgehead atoms. The maximum atomic E-state index is 10.8. The molecule has 9 heteroatoms. The Morgan fingerprint density at radius 1 is 1.06 bits per heavy atom. The summed E-state index contributed by atoms with van der Waals surface area (Å²) in [6.07, 6.45) is 2.90. The zero-order valence-electron chi connectivity index (χ0n) is 19.3. The molecule has 3 rings (SSSR count). The maximum Gasteiger partial charge on any atom is 0.408 e. The fourth-order valence-electron chi connectivity index (χ4n) is 3.54. The van der Waals surface area contributed by atoms with Crippen molar-refractivity contribution < 1.29 is 17.5 Å². The van der Waals surface area contributed by atoms with Crippen molar-refractivity contribution in [1.29, 1.82) is 0 Å².